The van der Waals surface area contributed by atoms with Crippen molar-refractivity contribution in [1.29, 1.82) is 0 Å². The molecular weight excluding hydrogens is 238 g/mol. The first-order chi connectivity index (χ1) is 9.19. The Bertz CT molecular complexity index is 407. The Kier molecular flexibility index (Phi) is 4.93. The molecule has 3 N–H and O–H groups in total. The molecular formula is C15H23N3O. The maximum Gasteiger partial charge on any atom is 0.233 e. The van der Waals surface area contributed by atoms with E-state index in [-0.39, 0.29) is 18.5 Å². The van der Waals surface area contributed by atoms with Crippen molar-refractivity contribution in [2.24, 2.45) is 11.7 Å². The third-order valence-electron chi connectivity index (χ3n) is 3.84. The number of nitrogens with one attached hydrogen (secondary N) is 1. The molecule has 1 aliphatic rings. The summed E-state index contributed by atoms with van der Waals surface area (Å²) in [4.78, 5) is 13.8. The van der Waals surface area contributed by atoms with Gasteiger partial charge in [0.25, 0.3) is 0 Å². The standard InChI is InChI=1S/C15H23N3O/c1-12(17-15(19)9-16)14-7-8-18(11-14)10-13-5-3-2-4-6-13/h2-6,12,14H,7-11,16H2,1H3,(H,17,19). The lowest BCUT2D eigenvalue weighted by Crippen LogP contribution is -2.42. The number of carbonyl (C=O) groups is 1. The van der Waals surface area contributed by atoms with E-state index in [2.05, 4.69) is 41.4 Å². The second-order valence-corrected chi connectivity index (χ2v) is 5.33. The Labute approximate surface area is 115 Å². The first-order valence-corrected chi connectivity index (χ1v) is 6.94. The molecule has 0 radical (unpaired) electrons. The van der Waals surface area contributed by atoms with Gasteiger partial charge in [-0.25, -0.2) is 0 Å². The van der Waals surface area contributed by atoms with Crippen molar-refractivity contribution in [1.82, 2.24) is 10.2 Å². The summed E-state index contributed by atoms with van der Waals surface area (Å²) >= 11 is 0. The molecule has 1 heterocycles. The van der Waals surface area contributed by atoms with Gasteiger partial charge in [-0.3, -0.25) is 9.69 Å². The van der Waals surface area contributed by atoms with Crippen molar-refractivity contribution in [3.63, 3.8) is 0 Å². The van der Waals surface area contributed by atoms with Crippen molar-refractivity contribution in [3.05, 3.63) is 35.9 Å². The largest absolute Gasteiger partial charge is 0.352 e. The molecule has 1 aromatic carbocycles. The second kappa shape index (κ2) is 6.68. The van der Waals surface area contributed by atoms with Crippen molar-refractivity contribution in [3.8, 4) is 0 Å². The van der Waals surface area contributed by atoms with Crippen LogP contribution in [0.1, 0.15) is 18.9 Å². The van der Waals surface area contributed by atoms with Gasteiger partial charge >= 0.3 is 0 Å². The van der Waals surface area contributed by atoms with Gasteiger partial charge in [0.1, 0.15) is 0 Å². The number of hydrogen-bond acceptors (Lipinski definition) is 3. The van der Waals surface area contributed by atoms with E-state index in [4.69, 9.17) is 5.73 Å². The zero-order valence-corrected chi connectivity index (χ0v) is 11.5. The highest BCUT2D eigenvalue weighted by Crippen LogP contribution is 2.21. The Morgan fingerprint density at radius 3 is 2.89 bits per heavy atom. The van der Waals surface area contributed by atoms with Crippen LogP contribution in [-0.2, 0) is 11.3 Å². The highest BCUT2D eigenvalue weighted by atomic mass is 16.1. The SMILES string of the molecule is CC(NC(=O)CN)C1CCN(Cc2ccccc2)C1. The number of rotatable bonds is 5. The molecule has 2 unspecified atom stereocenters. The minimum Gasteiger partial charge on any atom is -0.352 e. The van der Waals surface area contributed by atoms with E-state index in [0.29, 0.717) is 5.92 Å². The quantitative estimate of drug-likeness (QED) is 0.830. The first-order valence-electron chi connectivity index (χ1n) is 6.94. The van der Waals surface area contributed by atoms with E-state index >= 15 is 0 Å². The number of carbonyl (C=O) groups excluding carboxylic acids is 1. The van der Waals surface area contributed by atoms with Gasteiger partial charge in [-0.2, -0.15) is 0 Å². The van der Waals surface area contributed by atoms with Gasteiger partial charge < -0.3 is 11.1 Å². The maximum atomic E-state index is 11.3. The van der Waals surface area contributed by atoms with Gasteiger partial charge in [0.15, 0.2) is 0 Å². The van der Waals surface area contributed by atoms with Crippen LogP contribution in [-0.4, -0.2) is 36.5 Å². The van der Waals surface area contributed by atoms with E-state index in [1.807, 2.05) is 6.07 Å². The molecule has 0 spiro atoms. The summed E-state index contributed by atoms with van der Waals surface area (Å²) in [6.45, 7) is 5.28. The van der Waals surface area contributed by atoms with Crippen LogP contribution in [0.5, 0.6) is 0 Å². The zero-order chi connectivity index (χ0) is 13.7. The van der Waals surface area contributed by atoms with Crippen LogP contribution in [0.25, 0.3) is 0 Å². The lowest BCUT2D eigenvalue weighted by atomic mass is 10.0. The summed E-state index contributed by atoms with van der Waals surface area (Å²) < 4.78 is 0. The maximum absolute atomic E-state index is 11.3. The van der Waals surface area contributed by atoms with Crippen LogP contribution in [0.4, 0.5) is 0 Å². The van der Waals surface area contributed by atoms with Gasteiger partial charge in [0, 0.05) is 19.1 Å². The predicted octanol–water partition coefficient (Wildman–Crippen LogP) is 0.972. The summed E-state index contributed by atoms with van der Waals surface area (Å²) in [6, 6.07) is 10.7. The highest BCUT2D eigenvalue weighted by Gasteiger charge is 2.27. The monoisotopic (exact) mass is 261 g/mol. The topological polar surface area (TPSA) is 58.4 Å². The van der Waals surface area contributed by atoms with Crippen molar-refractivity contribution < 1.29 is 4.79 Å². The van der Waals surface area contributed by atoms with E-state index in [9.17, 15) is 4.79 Å². The Balaban J connectivity index is 1.81. The molecule has 4 nitrogen and oxygen atoms in total. The summed E-state index contributed by atoms with van der Waals surface area (Å²) in [7, 11) is 0. The smallest absolute Gasteiger partial charge is 0.233 e. The third-order valence-corrected chi connectivity index (χ3v) is 3.84. The number of hydrogen-bond donors (Lipinski definition) is 2. The van der Waals surface area contributed by atoms with E-state index < -0.39 is 0 Å². The predicted molar refractivity (Wildman–Crippen MR) is 76.5 cm³/mol. The molecule has 19 heavy (non-hydrogen) atoms. The summed E-state index contributed by atoms with van der Waals surface area (Å²) in [5, 5.41) is 2.97. The van der Waals surface area contributed by atoms with Crippen LogP contribution in [0.3, 0.4) is 0 Å². The Hall–Kier alpha value is -1.39. The van der Waals surface area contributed by atoms with Gasteiger partial charge in [0.2, 0.25) is 5.91 Å². The molecule has 104 valence electrons. The first kappa shape index (κ1) is 14.0. The zero-order valence-electron chi connectivity index (χ0n) is 11.5. The number of nitrogens with two attached hydrogens (primary N) is 1. The average molecular weight is 261 g/mol. The average Bonchev–Trinajstić information content (AvgIpc) is 2.88. The van der Waals surface area contributed by atoms with Gasteiger partial charge in [-0.15, -0.1) is 0 Å². The molecule has 1 aliphatic heterocycles. The van der Waals surface area contributed by atoms with Crippen LogP contribution in [0.2, 0.25) is 0 Å². The van der Waals surface area contributed by atoms with Crippen molar-refractivity contribution in [2.45, 2.75) is 25.9 Å². The van der Waals surface area contributed by atoms with E-state index in [1.165, 1.54) is 5.56 Å². The van der Waals surface area contributed by atoms with Crippen molar-refractivity contribution in [2.75, 3.05) is 19.6 Å². The molecule has 1 fully saturated rings. The fraction of sp³-hybridized carbons (Fsp3) is 0.533. The van der Waals surface area contributed by atoms with Gasteiger partial charge in [0.05, 0.1) is 6.54 Å². The van der Waals surface area contributed by atoms with E-state index in [0.717, 1.165) is 26.1 Å². The minimum absolute atomic E-state index is 0.0611. The van der Waals surface area contributed by atoms with Gasteiger partial charge in [-0.05, 0) is 31.4 Å². The van der Waals surface area contributed by atoms with Crippen molar-refractivity contribution >= 4 is 5.91 Å². The molecule has 0 saturated carbocycles. The molecule has 1 aromatic rings. The summed E-state index contributed by atoms with van der Waals surface area (Å²) in [6.07, 6.45) is 1.14. The summed E-state index contributed by atoms with van der Waals surface area (Å²) in [5.74, 6) is 0.466. The van der Waals surface area contributed by atoms with Crippen LogP contribution < -0.4 is 11.1 Å². The summed E-state index contributed by atoms with van der Waals surface area (Å²) in [5.41, 5.74) is 6.67. The molecule has 2 rings (SSSR count). The van der Waals surface area contributed by atoms with Gasteiger partial charge in [-0.1, -0.05) is 30.3 Å². The number of benzene rings is 1. The number of amides is 1. The van der Waals surface area contributed by atoms with Crippen LogP contribution in [0, 0.1) is 5.92 Å². The molecule has 0 aliphatic carbocycles. The minimum atomic E-state index is -0.0611. The lowest BCUT2D eigenvalue weighted by molar-refractivity contribution is -0.120. The Morgan fingerprint density at radius 1 is 1.47 bits per heavy atom. The second-order valence-electron chi connectivity index (χ2n) is 5.33. The van der Waals surface area contributed by atoms with Crippen LogP contribution >= 0.6 is 0 Å². The molecule has 2 atom stereocenters. The number of likely N-dealkylation sites (tertiary alicyclic amines) is 1. The molecule has 1 amide bonds. The van der Waals surface area contributed by atoms with E-state index in [1.54, 1.807) is 0 Å². The fourth-order valence-corrected chi connectivity index (χ4v) is 2.69. The lowest BCUT2D eigenvalue weighted by Gasteiger charge is -2.21. The third kappa shape index (κ3) is 4.04. The molecule has 0 bridgehead atoms. The highest BCUT2D eigenvalue weighted by molar-refractivity contribution is 5.78. The normalized spacial score (nSPS) is 21.3. The number of nitrogens with zero attached hydrogens (tertiary/aromatic N) is 1. The molecule has 1 saturated heterocycles. The molecule has 0 aromatic heterocycles. The fourth-order valence-electron chi connectivity index (χ4n) is 2.69. The Morgan fingerprint density at radius 2 is 2.21 bits per heavy atom. The van der Waals surface area contributed by atoms with Crippen LogP contribution in [0.15, 0.2) is 30.3 Å². The molecule has 4 heteroatoms.